The van der Waals surface area contributed by atoms with E-state index < -0.39 is 5.97 Å². The fourth-order valence-electron chi connectivity index (χ4n) is 1.59. The highest BCUT2D eigenvalue weighted by molar-refractivity contribution is 5.97. The van der Waals surface area contributed by atoms with Crippen LogP contribution in [0.3, 0.4) is 0 Å². The summed E-state index contributed by atoms with van der Waals surface area (Å²) in [5, 5.41) is 8.48. The fraction of sp³-hybridized carbons (Fsp3) is 0.385. The predicted molar refractivity (Wildman–Crippen MR) is 61.7 cm³/mol. The zero-order valence-electron chi connectivity index (χ0n) is 9.62. The fourth-order valence-corrected chi connectivity index (χ4v) is 1.59. The second kappa shape index (κ2) is 5.45. The predicted octanol–water partition coefficient (Wildman–Crippen LogP) is 2.74. The minimum absolute atomic E-state index is 0.0300. The third kappa shape index (κ3) is 3.19. The minimum atomic E-state index is -0.853. The van der Waals surface area contributed by atoms with Gasteiger partial charge in [-0.2, -0.15) is 0 Å². The number of aliphatic carboxylic acids is 1. The average molecular weight is 220 g/mol. The van der Waals surface area contributed by atoms with E-state index in [2.05, 4.69) is 0 Å². The van der Waals surface area contributed by atoms with E-state index in [4.69, 9.17) is 5.11 Å². The Bertz CT molecular complexity index is 408. The topological polar surface area (TPSA) is 54.4 Å². The summed E-state index contributed by atoms with van der Waals surface area (Å²) >= 11 is 0. The van der Waals surface area contributed by atoms with Crippen molar-refractivity contribution in [3.05, 3.63) is 34.9 Å². The number of ketones is 1. The Morgan fingerprint density at radius 3 is 2.50 bits per heavy atom. The molecule has 3 heteroatoms. The molecule has 0 unspecified atom stereocenters. The molecule has 86 valence electrons. The van der Waals surface area contributed by atoms with E-state index in [1.165, 1.54) is 0 Å². The van der Waals surface area contributed by atoms with E-state index in [1.807, 2.05) is 26.0 Å². The van der Waals surface area contributed by atoms with Crippen molar-refractivity contribution in [2.75, 3.05) is 0 Å². The largest absolute Gasteiger partial charge is 0.481 e. The highest BCUT2D eigenvalue weighted by Crippen LogP contribution is 2.15. The van der Waals surface area contributed by atoms with Crippen LogP contribution in [0.15, 0.2) is 18.2 Å². The molecule has 0 aliphatic carbocycles. The van der Waals surface area contributed by atoms with Crippen LogP contribution in [0.5, 0.6) is 0 Å². The first kappa shape index (κ1) is 12.4. The molecule has 0 saturated heterocycles. The van der Waals surface area contributed by atoms with Crippen molar-refractivity contribution in [2.24, 2.45) is 0 Å². The van der Waals surface area contributed by atoms with Crippen LogP contribution < -0.4 is 0 Å². The van der Waals surface area contributed by atoms with Gasteiger partial charge in [-0.05, 0) is 31.4 Å². The first-order valence-corrected chi connectivity index (χ1v) is 5.33. The quantitative estimate of drug-likeness (QED) is 0.776. The maximum absolute atomic E-state index is 11.8. The lowest BCUT2D eigenvalue weighted by molar-refractivity contribution is -0.137. The number of rotatable bonds is 5. The van der Waals surface area contributed by atoms with Gasteiger partial charge in [0.25, 0.3) is 0 Å². The number of carboxylic acid groups (broad SMARTS) is 1. The first-order chi connectivity index (χ1) is 7.52. The third-order valence-electron chi connectivity index (χ3n) is 2.70. The van der Waals surface area contributed by atoms with Crippen LogP contribution >= 0.6 is 0 Å². The Kier molecular flexibility index (Phi) is 4.23. The van der Waals surface area contributed by atoms with Crippen LogP contribution in [0.25, 0.3) is 0 Å². The van der Waals surface area contributed by atoms with Gasteiger partial charge in [-0.1, -0.05) is 18.2 Å². The smallest absolute Gasteiger partial charge is 0.303 e. The molecule has 0 spiro atoms. The highest BCUT2D eigenvalue weighted by atomic mass is 16.4. The molecule has 3 nitrogen and oxygen atoms in total. The van der Waals surface area contributed by atoms with Crippen LogP contribution in [0.2, 0.25) is 0 Å². The first-order valence-electron chi connectivity index (χ1n) is 5.33. The van der Waals surface area contributed by atoms with Crippen molar-refractivity contribution < 1.29 is 14.7 Å². The Labute approximate surface area is 95.1 Å². The standard InChI is InChI=1S/C13H16O3/c1-9-5-3-6-11(10(9)2)12(14)7-4-8-13(15)16/h3,5-6H,4,7-8H2,1-2H3,(H,15,16). The van der Waals surface area contributed by atoms with Gasteiger partial charge in [-0.3, -0.25) is 9.59 Å². The van der Waals surface area contributed by atoms with E-state index in [-0.39, 0.29) is 12.2 Å². The summed E-state index contributed by atoms with van der Waals surface area (Å²) in [6.07, 6.45) is 0.759. The summed E-state index contributed by atoms with van der Waals surface area (Å²) in [5.74, 6) is -0.823. The maximum atomic E-state index is 11.8. The van der Waals surface area contributed by atoms with E-state index in [9.17, 15) is 9.59 Å². The van der Waals surface area contributed by atoms with Crippen LogP contribution in [0.4, 0.5) is 0 Å². The molecule has 0 aliphatic rings. The Balaban J connectivity index is 2.66. The Morgan fingerprint density at radius 1 is 1.19 bits per heavy atom. The van der Waals surface area contributed by atoms with Gasteiger partial charge in [0.15, 0.2) is 5.78 Å². The zero-order valence-corrected chi connectivity index (χ0v) is 9.62. The van der Waals surface area contributed by atoms with Gasteiger partial charge in [-0.25, -0.2) is 0 Å². The molecular weight excluding hydrogens is 204 g/mol. The molecule has 0 aromatic heterocycles. The molecule has 1 rings (SSSR count). The molecule has 0 saturated carbocycles. The molecule has 1 aromatic rings. The summed E-state index contributed by atoms with van der Waals surface area (Å²) in [4.78, 5) is 22.1. The van der Waals surface area contributed by atoms with Crippen molar-refractivity contribution in [2.45, 2.75) is 33.1 Å². The van der Waals surface area contributed by atoms with Crippen LogP contribution in [0.1, 0.15) is 40.7 Å². The second-order valence-corrected chi connectivity index (χ2v) is 3.92. The molecule has 0 fully saturated rings. The monoisotopic (exact) mass is 220 g/mol. The van der Waals surface area contributed by atoms with Crippen molar-refractivity contribution in [3.63, 3.8) is 0 Å². The molecule has 1 N–H and O–H groups in total. The molecule has 0 atom stereocenters. The highest BCUT2D eigenvalue weighted by Gasteiger charge is 2.10. The molecule has 1 aromatic carbocycles. The van der Waals surface area contributed by atoms with Gasteiger partial charge in [0.1, 0.15) is 0 Å². The number of aryl methyl sites for hydroxylation is 1. The number of carbonyl (C=O) groups is 2. The molecule has 0 amide bonds. The lowest BCUT2D eigenvalue weighted by Gasteiger charge is -2.06. The van der Waals surface area contributed by atoms with E-state index >= 15 is 0 Å². The van der Waals surface area contributed by atoms with Gasteiger partial charge in [0.05, 0.1) is 0 Å². The van der Waals surface area contributed by atoms with Crippen LogP contribution in [-0.4, -0.2) is 16.9 Å². The van der Waals surface area contributed by atoms with E-state index in [1.54, 1.807) is 6.07 Å². The minimum Gasteiger partial charge on any atom is -0.481 e. The zero-order chi connectivity index (χ0) is 12.1. The summed E-state index contributed by atoms with van der Waals surface area (Å²) in [6, 6.07) is 5.61. The molecule has 0 bridgehead atoms. The summed E-state index contributed by atoms with van der Waals surface area (Å²) in [7, 11) is 0. The number of benzene rings is 1. The molecule has 0 aliphatic heterocycles. The van der Waals surface area contributed by atoms with Gasteiger partial charge in [0.2, 0.25) is 0 Å². The number of hydrogen-bond acceptors (Lipinski definition) is 2. The normalized spacial score (nSPS) is 10.1. The van der Waals surface area contributed by atoms with Crippen LogP contribution in [-0.2, 0) is 4.79 Å². The SMILES string of the molecule is Cc1cccc(C(=O)CCCC(=O)O)c1C. The van der Waals surface area contributed by atoms with Gasteiger partial charge in [0, 0.05) is 18.4 Å². The molecule has 16 heavy (non-hydrogen) atoms. The van der Waals surface area contributed by atoms with Crippen LogP contribution in [0, 0.1) is 13.8 Å². The van der Waals surface area contributed by atoms with Gasteiger partial charge >= 0.3 is 5.97 Å². The molecule has 0 radical (unpaired) electrons. The summed E-state index contributed by atoms with van der Waals surface area (Å²) in [6.45, 7) is 3.88. The summed E-state index contributed by atoms with van der Waals surface area (Å²) < 4.78 is 0. The second-order valence-electron chi connectivity index (χ2n) is 3.92. The lowest BCUT2D eigenvalue weighted by atomic mass is 9.97. The number of hydrogen-bond donors (Lipinski definition) is 1. The van der Waals surface area contributed by atoms with Crippen molar-refractivity contribution in [1.29, 1.82) is 0 Å². The van der Waals surface area contributed by atoms with E-state index in [0.29, 0.717) is 18.4 Å². The number of carboxylic acids is 1. The van der Waals surface area contributed by atoms with Crippen molar-refractivity contribution in [1.82, 2.24) is 0 Å². The van der Waals surface area contributed by atoms with E-state index in [0.717, 1.165) is 11.1 Å². The lowest BCUT2D eigenvalue weighted by Crippen LogP contribution is -2.04. The summed E-state index contributed by atoms with van der Waals surface area (Å²) in [5.41, 5.74) is 2.79. The Hall–Kier alpha value is -1.64. The molecule has 0 heterocycles. The maximum Gasteiger partial charge on any atom is 0.303 e. The number of carbonyl (C=O) groups excluding carboxylic acids is 1. The molecular formula is C13H16O3. The average Bonchev–Trinajstić information content (AvgIpc) is 2.21. The Morgan fingerprint density at radius 2 is 1.88 bits per heavy atom. The number of Topliss-reactive ketones (excluding diaryl/α,β-unsaturated/α-hetero) is 1. The third-order valence-corrected chi connectivity index (χ3v) is 2.70. The van der Waals surface area contributed by atoms with Crippen molar-refractivity contribution >= 4 is 11.8 Å². The van der Waals surface area contributed by atoms with Gasteiger partial charge < -0.3 is 5.11 Å². The van der Waals surface area contributed by atoms with Crippen molar-refractivity contribution in [3.8, 4) is 0 Å². The van der Waals surface area contributed by atoms with Gasteiger partial charge in [-0.15, -0.1) is 0 Å².